The van der Waals surface area contributed by atoms with Gasteiger partial charge in [-0.1, -0.05) is 11.6 Å². The number of carbonyl (C=O) groups is 1. The SMILES string of the molecule is CN1CC=C(C2=C(COc3cncc(Cl)c3C=O)CCCC2)N1CC(F)(F)F. The van der Waals surface area contributed by atoms with Gasteiger partial charge in [-0.25, -0.2) is 5.01 Å². The van der Waals surface area contributed by atoms with Gasteiger partial charge in [0.15, 0.2) is 6.29 Å². The van der Waals surface area contributed by atoms with Crippen LogP contribution in [0.25, 0.3) is 0 Å². The number of hydrogen-bond acceptors (Lipinski definition) is 5. The molecule has 28 heavy (non-hydrogen) atoms. The highest BCUT2D eigenvalue weighted by Crippen LogP contribution is 2.36. The second-order valence-electron chi connectivity index (χ2n) is 6.83. The van der Waals surface area contributed by atoms with E-state index in [1.54, 1.807) is 12.1 Å². The van der Waals surface area contributed by atoms with E-state index in [0.717, 1.165) is 30.4 Å². The molecule has 1 aliphatic carbocycles. The van der Waals surface area contributed by atoms with Crippen LogP contribution in [0.15, 0.2) is 35.3 Å². The second-order valence-corrected chi connectivity index (χ2v) is 7.24. The minimum Gasteiger partial charge on any atom is -0.487 e. The van der Waals surface area contributed by atoms with Crippen LogP contribution in [0, 0.1) is 0 Å². The molecule has 0 saturated heterocycles. The van der Waals surface area contributed by atoms with Crippen LogP contribution in [0.1, 0.15) is 36.0 Å². The fourth-order valence-electron chi connectivity index (χ4n) is 3.52. The summed E-state index contributed by atoms with van der Waals surface area (Å²) in [5, 5.41) is 3.04. The Hall–Kier alpha value is -2.06. The van der Waals surface area contributed by atoms with Crippen LogP contribution >= 0.6 is 11.6 Å². The number of hydrazine groups is 1. The van der Waals surface area contributed by atoms with Crippen LogP contribution < -0.4 is 4.74 Å². The smallest absolute Gasteiger partial charge is 0.407 e. The number of halogens is 4. The first kappa shape index (κ1) is 20.7. The number of likely N-dealkylation sites (N-methyl/N-ethyl adjacent to an activating group) is 1. The van der Waals surface area contributed by atoms with Gasteiger partial charge in [0.05, 0.1) is 22.5 Å². The number of aldehydes is 1. The van der Waals surface area contributed by atoms with Gasteiger partial charge >= 0.3 is 6.18 Å². The number of pyridine rings is 1. The van der Waals surface area contributed by atoms with Gasteiger partial charge in [-0.3, -0.25) is 14.8 Å². The lowest BCUT2D eigenvalue weighted by atomic mass is 9.90. The van der Waals surface area contributed by atoms with Crippen molar-refractivity contribution >= 4 is 17.9 Å². The molecule has 5 nitrogen and oxygen atoms in total. The molecule has 0 radical (unpaired) electrons. The number of ether oxygens (including phenoxy) is 1. The Bertz CT molecular complexity index is 808. The molecule has 0 saturated carbocycles. The Morgan fingerprint density at radius 1 is 1.29 bits per heavy atom. The van der Waals surface area contributed by atoms with Crippen LogP contribution in [0.2, 0.25) is 5.02 Å². The van der Waals surface area contributed by atoms with E-state index < -0.39 is 12.7 Å². The summed E-state index contributed by atoms with van der Waals surface area (Å²) in [4.78, 5) is 15.2. The number of nitrogens with zero attached hydrogens (tertiary/aromatic N) is 3. The molecule has 0 amide bonds. The molecular formula is C19H21ClF3N3O2. The zero-order valence-corrected chi connectivity index (χ0v) is 16.2. The highest BCUT2D eigenvalue weighted by atomic mass is 35.5. The van der Waals surface area contributed by atoms with Crippen LogP contribution in [-0.4, -0.2) is 54.2 Å². The Morgan fingerprint density at radius 2 is 2.04 bits per heavy atom. The Balaban J connectivity index is 1.84. The summed E-state index contributed by atoms with van der Waals surface area (Å²) in [5.74, 6) is 0.268. The highest BCUT2D eigenvalue weighted by Gasteiger charge is 2.36. The van der Waals surface area contributed by atoms with Crippen molar-refractivity contribution in [3.63, 3.8) is 0 Å². The monoisotopic (exact) mass is 415 g/mol. The number of allylic oxidation sites excluding steroid dienone is 1. The van der Waals surface area contributed by atoms with Crippen LogP contribution in [0.4, 0.5) is 13.2 Å². The molecule has 2 heterocycles. The van der Waals surface area contributed by atoms with Gasteiger partial charge in [0.1, 0.15) is 18.9 Å². The van der Waals surface area contributed by atoms with Crippen molar-refractivity contribution in [2.24, 2.45) is 0 Å². The zero-order chi connectivity index (χ0) is 20.3. The van der Waals surface area contributed by atoms with Crippen molar-refractivity contribution in [1.29, 1.82) is 0 Å². The van der Waals surface area contributed by atoms with Gasteiger partial charge in [0.25, 0.3) is 0 Å². The van der Waals surface area contributed by atoms with Gasteiger partial charge in [-0.05, 0) is 42.9 Å². The number of aromatic nitrogens is 1. The van der Waals surface area contributed by atoms with E-state index in [4.69, 9.17) is 16.3 Å². The fraction of sp³-hybridized carbons (Fsp3) is 0.474. The fourth-order valence-corrected chi connectivity index (χ4v) is 3.71. The summed E-state index contributed by atoms with van der Waals surface area (Å²) >= 11 is 5.97. The molecule has 1 aromatic heterocycles. The van der Waals surface area contributed by atoms with Crippen LogP contribution in [0.5, 0.6) is 5.75 Å². The molecule has 3 rings (SSSR count). The molecular weight excluding hydrogens is 395 g/mol. The van der Waals surface area contributed by atoms with Crippen LogP contribution in [-0.2, 0) is 0 Å². The third-order valence-corrected chi connectivity index (χ3v) is 5.18. The number of alkyl halides is 3. The lowest BCUT2D eigenvalue weighted by Crippen LogP contribution is -2.41. The standard InChI is InChI=1S/C19H21ClF3N3O2/c1-25-7-6-17(26(25)12-19(21,22)23)14-5-3-2-4-13(14)11-28-18-9-24-8-16(20)15(18)10-27/h6,8-10H,2-5,7,11-12H2,1H3. The summed E-state index contributed by atoms with van der Waals surface area (Å²) in [7, 11) is 1.64. The van der Waals surface area contributed by atoms with E-state index in [0.29, 0.717) is 24.9 Å². The van der Waals surface area contributed by atoms with Gasteiger partial charge in [-0.15, -0.1) is 0 Å². The van der Waals surface area contributed by atoms with Gasteiger partial charge in [0.2, 0.25) is 0 Å². The molecule has 152 valence electrons. The average Bonchev–Trinajstić information content (AvgIpc) is 2.99. The second kappa shape index (κ2) is 8.53. The van der Waals surface area contributed by atoms with E-state index >= 15 is 0 Å². The van der Waals surface area contributed by atoms with Crippen molar-refractivity contribution < 1.29 is 22.7 Å². The molecule has 0 atom stereocenters. The summed E-state index contributed by atoms with van der Waals surface area (Å²) in [6, 6.07) is 0. The molecule has 0 unspecified atom stereocenters. The Kier molecular flexibility index (Phi) is 6.30. The number of carbonyl (C=O) groups excluding carboxylic acids is 1. The predicted molar refractivity (Wildman–Crippen MR) is 99.1 cm³/mol. The minimum absolute atomic E-state index is 0.180. The maximum Gasteiger partial charge on any atom is 0.407 e. The Morgan fingerprint density at radius 3 is 2.75 bits per heavy atom. The molecule has 0 spiro atoms. The first-order valence-electron chi connectivity index (χ1n) is 8.98. The zero-order valence-electron chi connectivity index (χ0n) is 15.4. The third kappa shape index (κ3) is 4.67. The summed E-state index contributed by atoms with van der Waals surface area (Å²) < 4.78 is 44.8. The molecule has 0 fully saturated rings. The van der Waals surface area contributed by atoms with E-state index in [9.17, 15) is 18.0 Å². The third-order valence-electron chi connectivity index (χ3n) is 4.88. The topological polar surface area (TPSA) is 45.7 Å². The summed E-state index contributed by atoms with van der Waals surface area (Å²) in [6.07, 6.45) is 4.20. The lowest BCUT2D eigenvalue weighted by Gasteiger charge is -2.33. The van der Waals surface area contributed by atoms with Crippen LogP contribution in [0.3, 0.4) is 0 Å². The average molecular weight is 416 g/mol. The minimum atomic E-state index is -4.30. The first-order chi connectivity index (χ1) is 13.3. The molecule has 0 bridgehead atoms. The number of rotatable bonds is 6. The van der Waals surface area contributed by atoms with Crippen molar-refractivity contribution in [2.75, 3.05) is 26.7 Å². The molecule has 1 aliphatic heterocycles. The molecule has 2 aliphatic rings. The molecule has 0 aromatic carbocycles. The first-order valence-corrected chi connectivity index (χ1v) is 9.36. The summed E-state index contributed by atoms with van der Waals surface area (Å²) in [6.45, 7) is -0.421. The lowest BCUT2D eigenvalue weighted by molar-refractivity contribution is -0.163. The molecule has 0 N–H and O–H groups in total. The van der Waals surface area contributed by atoms with E-state index in [1.165, 1.54) is 17.4 Å². The Labute approximate surface area is 166 Å². The quantitative estimate of drug-likeness (QED) is 0.644. The van der Waals surface area contributed by atoms with Crippen molar-refractivity contribution in [1.82, 2.24) is 15.0 Å². The van der Waals surface area contributed by atoms with E-state index in [-0.39, 0.29) is 22.9 Å². The van der Waals surface area contributed by atoms with Crippen molar-refractivity contribution in [2.45, 2.75) is 31.9 Å². The van der Waals surface area contributed by atoms with Gasteiger partial charge in [0, 0.05) is 19.8 Å². The van der Waals surface area contributed by atoms with Crippen molar-refractivity contribution in [3.8, 4) is 5.75 Å². The number of hydrogen-bond donors (Lipinski definition) is 0. The molecule has 1 aromatic rings. The maximum absolute atomic E-state index is 13.0. The largest absolute Gasteiger partial charge is 0.487 e. The van der Waals surface area contributed by atoms with Gasteiger partial charge < -0.3 is 4.74 Å². The van der Waals surface area contributed by atoms with E-state index in [2.05, 4.69) is 4.98 Å². The maximum atomic E-state index is 13.0. The normalized spacial score (nSPS) is 18.5. The summed E-state index contributed by atoms with van der Waals surface area (Å²) in [5.41, 5.74) is 2.64. The van der Waals surface area contributed by atoms with Gasteiger partial charge in [-0.2, -0.15) is 13.2 Å². The van der Waals surface area contributed by atoms with E-state index in [1.807, 2.05) is 6.08 Å². The predicted octanol–water partition coefficient (Wildman–Crippen LogP) is 4.41. The highest BCUT2D eigenvalue weighted by molar-refractivity contribution is 6.33. The molecule has 9 heteroatoms. The van der Waals surface area contributed by atoms with Crippen molar-refractivity contribution in [3.05, 3.63) is 45.9 Å².